The van der Waals surface area contributed by atoms with Gasteiger partial charge in [-0.25, -0.2) is 0 Å². The van der Waals surface area contributed by atoms with Crippen LogP contribution in [0, 0.1) is 11.3 Å². The van der Waals surface area contributed by atoms with E-state index in [9.17, 15) is 14.4 Å². The standard InChI is InChI=1S/C14H22N4O3/c1-3-7-17-10-14(21)18(11-13(17)20)9-5-12(19)16(2)8-4-6-15/h3-5,7-11H2,1-2H3. The molecule has 116 valence electrons. The molecule has 0 atom stereocenters. The van der Waals surface area contributed by atoms with Crippen LogP contribution in [-0.4, -0.2) is 72.2 Å². The molecule has 7 nitrogen and oxygen atoms in total. The van der Waals surface area contributed by atoms with Crippen LogP contribution in [0.25, 0.3) is 0 Å². The highest BCUT2D eigenvalue weighted by Crippen LogP contribution is 2.07. The fraction of sp³-hybridized carbons (Fsp3) is 0.714. The second-order valence-electron chi connectivity index (χ2n) is 5.10. The number of nitriles is 1. The molecular weight excluding hydrogens is 272 g/mol. The van der Waals surface area contributed by atoms with Gasteiger partial charge in [0.1, 0.15) is 0 Å². The Morgan fingerprint density at radius 2 is 1.81 bits per heavy atom. The molecule has 1 rings (SSSR count). The van der Waals surface area contributed by atoms with Crippen molar-refractivity contribution in [1.29, 1.82) is 5.26 Å². The van der Waals surface area contributed by atoms with Gasteiger partial charge in [0.05, 0.1) is 25.6 Å². The third kappa shape index (κ3) is 5.06. The number of rotatable bonds is 7. The van der Waals surface area contributed by atoms with E-state index in [2.05, 4.69) is 0 Å². The number of carbonyl (C=O) groups is 3. The summed E-state index contributed by atoms with van der Waals surface area (Å²) >= 11 is 0. The van der Waals surface area contributed by atoms with E-state index < -0.39 is 0 Å². The highest BCUT2D eigenvalue weighted by molar-refractivity contribution is 5.92. The van der Waals surface area contributed by atoms with Crippen LogP contribution in [0.3, 0.4) is 0 Å². The summed E-state index contributed by atoms with van der Waals surface area (Å²) in [6, 6.07) is 1.98. The summed E-state index contributed by atoms with van der Waals surface area (Å²) in [5.41, 5.74) is 0. The van der Waals surface area contributed by atoms with Crippen LogP contribution in [0.15, 0.2) is 0 Å². The lowest BCUT2D eigenvalue weighted by molar-refractivity contribution is -0.150. The van der Waals surface area contributed by atoms with Crippen molar-refractivity contribution in [2.24, 2.45) is 0 Å². The maximum atomic E-state index is 11.9. The lowest BCUT2D eigenvalue weighted by atomic mass is 10.2. The highest BCUT2D eigenvalue weighted by atomic mass is 16.2. The third-order valence-electron chi connectivity index (χ3n) is 3.43. The Bertz CT molecular complexity index is 444. The Morgan fingerprint density at radius 3 is 2.33 bits per heavy atom. The normalized spacial score (nSPS) is 15.1. The monoisotopic (exact) mass is 294 g/mol. The summed E-state index contributed by atoms with van der Waals surface area (Å²) in [5, 5.41) is 8.48. The van der Waals surface area contributed by atoms with Crippen molar-refractivity contribution in [1.82, 2.24) is 14.7 Å². The van der Waals surface area contributed by atoms with Crippen LogP contribution < -0.4 is 0 Å². The van der Waals surface area contributed by atoms with Crippen LogP contribution in [0.4, 0.5) is 0 Å². The van der Waals surface area contributed by atoms with Gasteiger partial charge in [-0.2, -0.15) is 5.26 Å². The smallest absolute Gasteiger partial charge is 0.242 e. The van der Waals surface area contributed by atoms with Gasteiger partial charge < -0.3 is 14.7 Å². The molecule has 0 aromatic carbocycles. The number of hydrogen-bond acceptors (Lipinski definition) is 4. The van der Waals surface area contributed by atoms with Crippen molar-refractivity contribution in [3.05, 3.63) is 0 Å². The van der Waals surface area contributed by atoms with Gasteiger partial charge in [-0.3, -0.25) is 14.4 Å². The van der Waals surface area contributed by atoms with E-state index in [1.54, 1.807) is 11.9 Å². The summed E-state index contributed by atoms with van der Waals surface area (Å²) < 4.78 is 0. The van der Waals surface area contributed by atoms with Gasteiger partial charge in [0, 0.05) is 33.1 Å². The molecule has 0 aromatic heterocycles. The van der Waals surface area contributed by atoms with Crippen LogP contribution in [-0.2, 0) is 14.4 Å². The van der Waals surface area contributed by atoms with E-state index in [1.807, 2.05) is 13.0 Å². The Hall–Kier alpha value is -2.10. The Labute approximate surface area is 125 Å². The molecule has 1 fully saturated rings. The SMILES string of the molecule is CCCN1CC(=O)N(CCC(=O)N(C)CCC#N)CC1=O. The molecule has 7 heteroatoms. The summed E-state index contributed by atoms with van der Waals surface area (Å²) in [5.74, 6) is -0.307. The first-order valence-corrected chi connectivity index (χ1v) is 7.16. The Morgan fingerprint density at radius 1 is 1.24 bits per heavy atom. The second-order valence-corrected chi connectivity index (χ2v) is 5.10. The zero-order valence-electron chi connectivity index (χ0n) is 12.7. The number of amides is 3. The molecular formula is C14H22N4O3. The number of nitrogens with zero attached hydrogens (tertiary/aromatic N) is 4. The average molecular weight is 294 g/mol. The molecule has 0 N–H and O–H groups in total. The van der Waals surface area contributed by atoms with E-state index in [1.165, 1.54) is 9.80 Å². The zero-order chi connectivity index (χ0) is 15.8. The summed E-state index contributed by atoms with van der Waals surface area (Å²) in [4.78, 5) is 40.1. The van der Waals surface area contributed by atoms with E-state index in [4.69, 9.17) is 5.26 Å². The minimum Gasteiger partial charge on any atom is -0.345 e. The molecule has 1 saturated heterocycles. The first-order chi connectivity index (χ1) is 9.99. The molecule has 0 bridgehead atoms. The fourth-order valence-corrected chi connectivity index (χ4v) is 2.14. The maximum Gasteiger partial charge on any atom is 0.242 e. The van der Waals surface area contributed by atoms with Crippen LogP contribution >= 0.6 is 0 Å². The topological polar surface area (TPSA) is 84.7 Å². The largest absolute Gasteiger partial charge is 0.345 e. The first kappa shape index (κ1) is 17.0. The number of hydrogen-bond donors (Lipinski definition) is 0. The molecule has 0 spiro atoms. The van der Waals surface area contributed by atoms with Crippen molar-refractivity contribution >= 4 is 17.7 Å². The van der Waals surface area contributed by atoms with Crippen molar-refractivity contribution < 1.29 is 14.4 Å². The fourth-order valence-electron chi connectivity index (χ4n) is 2.14. The Balaban J connectivity index is 2.42. The quantitative estimate of drug-likeness (QED) is 0.652. The summed E-state index contributed by atoms with van der Waals surface area (Å²) in [7, 11) is 1.63. The lowest BCUT2D eigenvalue weighted by Crippen LogP contribution is -2.54. The molecule has 0 aromatic rings. The van der Waals surface area contributed by atoms with Gasteiger partial charge in [0.2, 0.25) is 17.7 Å². The maximum absolute atomic E-state index is 11.9. The second kappa shape index (κ2) is 8.25. The van der Waals surface area contributed by atoms with Gasteiger partial charge in [-0.15, -0.1) is 0 Å². The number of carbonyl (C=O) groups excluding carboxylic acids is 3. The van der Waals surface area contributed by atoms with Crippen molar-refractivity contribution in [3.8, 4) is 6.07 Å². The van der Waals surface area contributed by atoms with Gasteiger partial charge in [0.25, 0.3) is 0 Å². The van der Waals surface area contributed by atoms with Gasteiger partial charge in [-0.05, 0) is 6.42 Å². The molecule has 21 heavy (non-hydrogen) atoms. The molecule has 1 heterocycles. The summed E-state index contributed by atoms with van der Waals surface area (Å²) in [6.45, 7) is 3.33. The minimum atomic E-state index is -0.124. The van der Waals surface area contributed by atoms with Gasteiger partial charge >= 0.3 is 0 Å². The molecule has 0 radical (unpaired) electrons. The van der Waals surface area contributed by atoms with E-state index in [0.29, 0.717) is 13.1 Å². The van der Waals surface area contributed by atoms with Crippen LogP contribution in [0.5, 0.6) is 0 Å². The van der Waals surface area contributed by atoms with Gasteiger partial charge in [0.15, 0.2) is 0 Å². The van der Waals surface area contributed by atoms with Crippen molar-refractivity contribution in [2.75, 3.05) is 39.8 Å². The van der Waals surface area contributed by atoms with E-state index >= 15 is 0 Å². The lowest BCUT2D eigenvalue weighted by Gasteiger charge is -2.33. The van der Waals surface area contributed by atoms with Crippen LogP contribution in [0.2, 0.25) is 0 Å². The predicted molar refractivity (Wildman–Crippen MR) is 75.9 cm³/mol. The third-order valence-corrected chi connectivity index (χ3v) is 3.43. The molecule has 3 amide bonds. The molecule has 1 aliphatic rings. The van der Waals surface area contributed by atoms with Crippen molar-refractivity contribution in [3.63, 3.8) is 0 Å². The van der Waals surface area contributed by atoms with E-state index in [-0.39, 0.29) is 50.2 Å². The van der Waals surface area contributed by atoms with E-state index in [0.717, 1.165) is 6.42 Å². The molecule has 1 aliphatic heterocycles. The predicted octanol–water partition coefficient (Wildman–Crippen LogP) is -0.171. The number of piperazine rings is 1. The van der Waals surface area contributed by atoms with Gasteiger partial charge in [-0.1, -0.05) is 6.92 Å². The molecule has 0 aliphatic carbocycles. The zero-order valence-corrected chi connectivity index (χ0v) is 12.7. The van der Waals surface area contributed by atoms with Crippen LogP contribution in [0.1, 0.15) is 26.2 Å². The highest BCUT2D eigenvalue weighted by Gasteiger charge is 2.29. The Kier molecular flexibility index (Phi) is 6.66. The molecule has 0 saturated carbocycles. The average Bonchev–Trinajstić information content (AvgIpc) is 2.46. The summed E-state index contributed by atoms with van der Waals surface area (Å²) in [6.07, 6.45) is 1.28. The first-order valence-electron chi connectivity index (χ1n) is 7.16. The molecule has 0 unspecified atom stereocenters. The van der Waals surface area contributed by atoms with Crippen molar-refractivity contribution in [2.45, 2.75) is 26.2 Å². The minimum absolute atomic E-state index is 0.0496.